The molecule has 2 aliphatic rings. The summed E-state index contributed by atoms with van der Waals surface area (Å²) in [5, 5.41) is 11.7. The Hall–Kier alpha value is -4.32. The minimum absolute atomic E-state index is 0.123. The Morgan fingerprint density at radius 2 is 2.12 bits per heavy atom. The molecule has 1 atom stereocenters. The van der Waals surface area contributed by atoms with Crippen molar-refractivity contribution in [3.8, 4) is 6.01 Å². The Bertz CT molecular complexity index is 1610. The molecule has 0 aliphatic carbocycles. The van der Waals surface area contributed by atoms with Crippen molar-refractivity contribution in [2.75, 3.05) is 49.5 Å². The molecular formula is C28H31FN8O3. The number of anilines is 2. The molecular weight excluding hydrogens is 515 g/mol. The predicted octanol–water partition coefficient (Wildman–Crippen LogP) is 2.71. The Morgan fingerprint density at radius 3 is 2.92 bits per heavy atom. The number of piperazine rings is 1. The first-order valence-corrected chi connectivity index (χ1v) is 13.5. The van der Waals surface area contributed by atoms with E-state index in [4.69, 9.17) is 4.74 Å². The van der Waals surface area contributed by atoms with E-state index in [1.54, 1.807) is 36.5 Å². The maximum atomic E-state index is 14.7. The van der Waals surface area contributed by atoms with Crippen LogP contribution in [-0.2, 0) is 11.8 Å². The lowest BCUT2D eigenvalue weighted by Crippen LogP contribution is -2.49. The van der Waals surface area contributed by atoms with Gasteiger partial charge in [0.2, 0.25) is 5.91 Å². The number of nitrogens with zero attached hydrogens (tertiary/aromatic N) is 6. The molecule has 2 aromatic carbocycles. The molecule has 2 saturated heterocycles. The monoisotopic (exact) mass is 546 g/mol. The Kier molecular flexibility index (Phi) is 6.93. The van der Waals surface area contributed by atoms with Gasteiger partial charge in [0.25, 0.3) is 5.91 Å². The van der Waals surface area contributed by atoms with E-state index >= 15 is 0 Å². The second-order valence-electron chi connectivity index (χ2n) is 10.3. The summed E-state index contributed by atoms with van der Waals surface area (Å²) in [6.07, 6.45) is 4.79. The van der Waals surface area contributed by atoms with Crippen molar-refractivity contribution in [1.82, 2.24) is 30.0 Å². The van der Waals surface area contributed by atoms with E-state index in [1.165, 1.54) is 10.7 Å². The van der Waals surface area contributed by atoms with Crippen LogP contribution in [0.15, 0.2) is 36.7 Å². The van der Waals surface area contributed by atoms with Gasteiger partial charge in [-0.25, -0.2) is 9.37 Å². The highest BCUT2D eigenvalue weighted by Gasteiger charge is 2.23. The number of halogens is 1. The van der Waals surface area contributed by atoms with Crippen molar-refractivity contribution < 1.29 is 18.7 Å². The molecule has 12 heteroatoms. The summed E-state index contributed by atoms with van der Waals surface area (Å²) in [6.45, 7) is 5.99. The summed E-state index contributed by atoms with van der Waals surface area (Å²) in [7, 11) is 1.72. The number of likely N-dealkylation sites (tertiary alicyclic amines) is 1. The number of carbonyl (C=O) groups excluding carboxylic acids is 2. The van der Waals surface area contributed by atoms with Crippen molar-refractivity contribution in [2.45, 2.75) is 25.8 Å². The van der Waals surface area contributed by atoms with Gasteiger partial charge in [0.05, 0.1) is 17.6 Å². The molecule has 0 bridgehead atoms. The number of hydrogen-bond donors (Lipinski definition) is 2. The van der Waals surface area contributed by atoms with Crippen molar-refractivity contribution in [2.24, 2.45) is 7.05 Å². The molecule has 0 saturated carbocycles. The van der Waals surface area contributed by atoms with Gasteiger partial charge in [-0.1, -0.05) is 0 Å². The zero-order chi connectivity index (χ0) is 27.8. The van der Waals surface area contributed by atoms with Gasteiger partial charge in [0, 0.05) is 80.2 Å². The van der Waals surface area contributed by atoms with Crippen LogP contribution in [0.1, 0.15) is 30.1 Å². The smallest absolute Gasteiger partial charge is 0.317 e. The van der Waals surface area contributed by atoms with Crippen molar-refractivity contribution in [3.63, 3.8) is 0 Å². The molecule has 0 spiro atoms. The standard InChI is InChI=1S/C28H31FN8O3/c1-17-15-37(9-7-30-17)23-6-5-20(27(39)32-19-12-18-16-35(2)34-25(18)22(29)13-19)26-21(23)14-31-28(33-26)40-11-10-36-8-3-4-24(36)38/h5-6,12-14,16-17,30H,3-4,7-11,15H2,1-2H3,(H,32,39). The van der Waals surface area contributed by atoms with Gasteiger partial charge in [0.15, 0.2) is 5.82 Å². The fraction of sp³-hybridized carbons (Fsp3) is 0.393. The highest BCUT2D eigenvalue weighted by Crippen LogP contribution is 2.31. The van der Waals surface area contributed by atoms with Crippen LogP contribution >= 0.6 is 0 Å². The van der Waals surface area contributed by atoms with E-state index in [0.29, 0.717) is 41.2 Å². The number of aromatic nitrogens is 4. The minimum atomic E-state index is -0.518. The Balaban J connectivity index is 1.32. The molecule has 208 valence electrons. The van der Waals surface area contributed by atoms with Crippen LogP contribution in [0.25, 0.3) is 21.8 Å². The summed E-state index contributed by atoms with van der Waals surface area (Å²) in [6, 6.07) is 7.02. The van der Waals surface area contributed by atoms with Gasteiger partial charge < -0.3 is 25.2 Å². The van der Waals surface area contributed by atoms with E-state index in [0.717, 1.165) is 43.7 Å². The molecule has 4 aromatic rings. The molecule has 1 unspecified atom stereocenters. The Morgan fingerprint density at radius 1 is 1.25 bits per heavy atom. The molecule has 6 rings (SSSR count). The number of benzene rings is 2. The van der Waals surface area contributed by atoms with Crippen molar-refractivity contribution in [3.05, 3.63) is 48.0 Å². The SMILES string of the molecule is CC1CN(c2ccc(C(=O)Nc3cc(F)c4nn(C)cc4c3)c3nc(OCCN4CCCC4=O)ncc23)CCN1. The van der Waals surface area contributed by atoms with Crippen molar-refractivity contribution >= 4 is 45.0 Å². The van der Waals surface area contributed by atoms with Crippen LogP contribution in [0.4, 0.5) is 15.8 Å². The van der Waals surface area contributed by atoms with E-state index < -0.39 is 11.7 Å². The lowest BCUT2D eigenvalue weighted by atomic mass is 10.1. The van der Waals surface area contributed by atoms with Crippen LogP contribution in [0, 0.1) is 5.82 Å². The van der Waals surface area contributed by atoms with Gasteiger partial charge in [0.1, 0.15) is 12.1 Å². The topological polar surface area (TPSA) is 118 Å². The molecule has 11 nitrogen and oxygen atoms in total. The maximum absolute atomic E-state index is 14.7. The third-order valence-corrected chi connectivity index (χ3v) is 7.36. The van der Waals surface area contributed by atoms with Gasteiger partial charge >= 0.3 is 6.01 Å². The normalized spacial score (nSPS) is 17.7. The molecule has 40 heavy (non-hydrogen) atoms. The average molecular weight is 547 g/mol. The summed E-state index contributed by atoms with van der Waals surface area (Å²) in [4.78, 5) is 38.5. The van der Waals surface area contributed by atoms with Gasteiger partial charge in [-0.05, 0) is 37.6 Å². The highest BCUT2D eigenvalue weighted by atomic mass is 19.1. The summed E-state index contributed by atoms with van der Waals surface area (Å²) in [5.74, 6) is -0.825. The molecule has 0 radical (unpaired) electrons. The van der Waals surface area contributed by atoms with Crippen LogP contribution in [0.5, 0.6) is 6.01 Å². The van der Waals surface area contributed by atoms with E-state index in [2.05, 4.69) is 37.5 Å². The zero-order valence-corrected chi connectivity index (χ0v) is 22.5. The van der Waals surface area contributed by atoms with Gasteiger partial charge in [-0.2, -0.15) is 10.1 Å². The van der Waals surface area contributed by atoms with Crippen LogP contribution in [0.3, 0.4) is 0 Å². The minimum Gasteiger partial charge on any atom is -0.462 e. The first kappa shape index (κ1) is 25.9. The molecule has 2 fully saturated rings. The fourth-order valence-corrected chi connectivity index (χ4v) is 5.44. The lowest BCUT2D eigenvalue weighted by Gasteiger charge is -2.34. The van der Waals surface area contributed by atoms with Crippen LogP contribution in [0.2, 0.25) is 0 Å². The highest BCUT2D eigenvalue weighted by molar-refractivity contribution is 6.14. The number of aryl methyl sites for hydroxylation is 1. The van der Waals surface area contributed by atoms with Gasteiger partial charge in [-0.3, -0.25) is 14.3 Å². The molecule has 2 aromatic heterocycles. The lowest BCUT2D eigenvalue weighted by molar-refractivity contribution is -0.128. The first-order valence-electron chi connectivity index (χ1n) is 13.5. The summed E-state index contributed by atoms with van der Waals surface area (Å²) >= 11 is 0. The third kappa shape index (κ3) is 5.14. The number of amides is 2. The molecule has 2 amide bonds. The largest absolute Gasteiger partial charge is 0.462 e. The number of rotatable bonds is 7. The predicted molar refractivity (Wildman–Crippen MR) is 149 cm³/mol. The van der Waals surface area contributed by atoms with Crippen LogP contribution < -0.4 is 20.3 Å². The van der Waals surface area contributed by atoms with Crippen LogP contribution in [-0.4, -0.2) is 81.8 Å². The number of ether oxygens (including phenoxy) is 1. The number of carbonyl (C=O) groups is 2. The second kappa shape index (κ2) is 10.7. The number of nitrogens with one attached hydrogen (secondary N) is 2. The quantitative estimate of drug-likeness (QED) is 0.364. The van der Waals surface area contributed by atoms with E-state index in [-0.39, 0.29) is 24.0 Å². The molecule has 4 heterocycles. The second-order valence-corrected chi connectivity index (χ2v) is 10.3. The van der Waals surface area contributed by atoms with E-state index in [9.17, 15) is 14.0 Å². The Labute approximate surface area is 230 Å². The van der Waals surface area contributed by atoms with Gasteiger partial charge in [-0.15, -0.1) is 0 Å². The number of fused-ring (bicyclic) bond motifs is 2. The van der Waals surface area contributed by atoms with E-state index in [1.807, 2.05) is 6.07 Å². The number of hydrogen-bond acceptors (Lipinski definition) is 8. The maximum Gasteiger partial charge on any atom is 0.317 e. The third-order valence-electron chi connectivity index (χ3n) is 7.36. The first-order chi connectivity index (χ1) is 19.4. The summed E-state index contributed by atoms with van der Waals surface area (Å²) in [5.41, 5.74) is 2.24. The fourth-order valence-electron chi connectivity index (χ4n) is 5.44. The van der Waals surface area contributed by atoms with Crippen molar-refractivity contribution in [1.29, 1.82) is 0 Å². The zero-order valence-electron chi connectivity index (χ0n) is 22.5. The average Bonchev–Trinajstić information content (AvgIpc) is 3.52. The summed E-state index contributed by atoms with van der Waals surface area (Å²) < 4.78 is 22.0. The molecule has 2 N–H and O–H groups in total. The molecule has 2 aliphatic heterocycles.